The molecule has 0 spiro atoms. The fraction of sp³-hybridized carbons (Fsp3) is 0.400. The van der Waals surface area contributed by atoms with Crippen molar-refractivity contribution < 1.29 is 19.1 Å². The smallest absolute Gasteiger partial charge is 0.251 e. The monoisotopic (exact) mass is 452 g/mol. The predicted molar refractivity (Wildman–Crippen MR) is 129 cm³/mol. The van der Waals surface area contributed by atoms with Gasteiger partial charge in [-0.15, -0.1) is 0 Å². The Balaban J connectivity index is 1.42. The van der Waals surface area contributed by atoms with E-state index < -0.39 is 0 Å². The van der Waals surface area contributed by atoms with E-state index in [1.165, 1.54) is 0 Å². The first-order chi connectivity index (χ1) is 15.9. The van der Waals surface area contributed by atoms with Crippen LogP contribution in [-0.2, 0) is 9.53 Å². The van der Waals surface area contributed by atoms with Crippen LogP contribution in [-0.4, -0.2) is 49.6 Å². The predicted octanol–water partition coefficient (Wildman–Crippen LogP) is 3.17. The van der Waals surface area contributed by atoms with Crippen molar-refractivity contribution in [2.45, 2.75) is 45.3 Å². The van der Waals surface area contributed by atoms with Crippen molar-refractivity contribution in [1.29, 1.82) is 0 Å². The molecule has 1 aliphatic heterocycles. The summed E-state index contributed by atoms with van der Waals surface area (Å²) < 4.78 is 5.51. The van der Waals surface area contributed by atoms with E-state index in [9.17, 15) is 14.4 Å². The second-order valence-electron chi connectivity index (χ2n) is 8.18. The number of amides is 3. The maximum Gasteiger partial charge on any atom is 0.251 e. The molecular formula is C25H32N4O4. The van der Waals surface area contributed by atoms with Gasteiger partial charge in [0.25, 0.3) is 11.8 Å². The van der Waals surface area contributed by atoms with Crippen molar-refractivity contribution in [1.82, 2.24) is 10.6 Å². The highest BCUT2D eigenvalue weighted by molar-refractivity contribution is 5.97. The largest absolute Gasteiger partial charge is 0.376 e. The minimum Gasteiger partial charge on any atom is -0.376 e. The van der Waals surface area contributed by atoms with E-state index in [4.69, 9.17) is 4.74 Å². The molecule has 176 valence electrons. The highest BCUT2D eigenvalue weighted by atomic mass is 16.5. The molecule has 2 unspecified atom stereocenters. The molecule has 0 bridgehead atoms. The van der Waals surface area contributed by atoms with E-state index in [0.29, 0.717) is 23.4 Å². The topological polar surface area (TPSA) is 109 Å². The van der Waals surface area contributed by atoms with Crippen molar-refractivity contribution in [3.8, 4) is 0 Å². The summed E-state index contributed by atoms with van der Waals surface area (Å²) in [5.74, 6) is -0.492. The van der Waals surface area contributed by atoms with E-state index in [2.05, 4.69) is 21.3 Å². The first kappa shape index (κ1) is 24.3. The van der Waals surface area contributed by atoms with Gasteiger partial charge >= 0.3 is 0 Å². The molecule has 0 aliphatic carbocycles. The lowest BCUT2D eigenvalue weighted by Gasteiger charge is -2.12. The fourth-order valence-corrected chi connectivity index (χ4v) is 3.36. The van der Waals surface area contributed by atoms with Gasteiger partial charge in [-0.3, -0.25) is 14.4 Å². The van der Waals surface area contributed by atoms with Gasteiger partial charge in [0.05, 0.1) is 12.6 Å². The first-order valence-electron chi connectivity index (χ1n) is 11.4. The van der Waals surface area contributed by atoms with Crippen LogP contribution in [0.1, 0.15) is 53.8 Å². The molecule has 1 saturated heterocycles. The maximum atomic E-state index is 12.2. The molecule has 2 aromatic rings. The Bertz CT molecular complexity index is 938. The number of carbonyl (C=O) groups excluding carboxylic acids is 3. The molecule has 4 N–H and O–H groups in total. The molecule has 3 rings (SSSR count). The van der Waals surface area contributed by atoms with Crippen LogP contribution in [0.4, 0.5) is 11.4 Å². The number of nitrogens with one attached hydrogen (secondary N) is 4. The minimum atomic E-state index is -0.217. The van der Waals surface area contributed by atoms with Gasteiger partial charge < -0.3 is 26.0 Å². The Morgan fingerprint density at radius 1 is 0.970 bits per heavy atom. The van der Waals surface area contributed by atoms with Crippen LogP contribution in [0.5, 0.6) is 0 Å². The van der Waals surface area contributed by atoms with Gasteiger partial charge in [0.15, 0.2) is 0 Å². The Morgan fingerprint density at radius 2 is 1.61 bits per heavy atom. The lowest BCUT2D eigenvalue weighted by Crippen LogP contribution is -2.31. The molecule has 8 heteroatoms. The second kappa shape index (κ2) is 12.0. The summed E-state index contributed by atoms with van der Waals surface area (Å²) in [6.07, 6.45) is 2.98. The molecule has 2 aromatic carbocycles. The Hall–Kier alpha value is -3.39. The molecule has 1 aliphatic rings. The number of carbonyl (C=O) groups is 3. The molecule has 0 saturated carbocycles. The summed E-state index contributed by atoms with van der Waals surface area (Å²) in [7, 11) is 0. The summed E-state index contributed by atoms with van der Waals surface area (Å²) in [5.41, 5.74) is 2.45. The van der Waals surface area contributed by atoms with Crippen LogP contribution in [0.15, 0.2) is 48.5 Å². The molecule has 1 heterocycles. The summed E-state index contributed by atoms with van der Waals surface area (Å²) in [6.45, 7) is 5.31. The number of benzene rings is 2. The van der Waals surface area contributed by atoms with Crippen molar-refractivity contribution in [2.24, 2.45) is 0 Å². The Morgan fingerprint density at radius 3 is 2.21 bits per heavy atom. The fourth-order valence-electron chi connectivity index (χ4n) is 3.36. The normalized spacial score (nSPS) is 16.0. The summed E-state index contributed by atoms with van der Waals surface area (Å²) in [5, 5.41) is 11.6. The van der Waals surface area contributed by atoms with Crippen molar-refractivity contribution in [3.05, 3.63) is 59.7 Å². The van der Waals surface area contributed by atoms with E-state index in [1.54, 1.807) is 48.5 Å². The van der Waals surface area contributed by atoms with Gasteiger partial charge in [-0.05, 0) is 74.7 Å². The third-order valence-electron chi connectivity index (χ3n) is 5.54. The lowest BCUT2D eigenvalue weighted by atomic mass is 10.1. The average molecular weight is 453 g/mol. The Labute approximate surface area is 194 Å². The van der Waals surface area contributed by atoms with Crippen molar-refractivity contribution >= 4 is 29.1 Å². The minimum absolute atomic E-state index is 0.0703. The molecule has 0 radical (unpaired) electrons. The lowest BCUT2D eigenvalue weighted by molar-refractivity contribution is -0.114. The standard InChI is InChI=1S/C25H32N4O4/c1-3-17(2)28-25(32)19-8-12-21(13-9-19)29-23(30)16-26-20-10-6-18(7-11-20)24(31)27-15-22-5-4-14-33-22/h6-13,17,22,26H,3-5,14-16H2,1-2H3,(H,27,31)(H,28,32)(H,29,30). The van der Waals surface area contributed by atoms with Crippen LogP contribution in [0, 0.1) is 0 Å². The highest BCUT2D eigenvalue weighted by Gasteiger charge is 2.16. The van der Waals surface area contributed by atoms with Crippen LogP contribution in [0.25, 0.3) is 0 Å². The number of anilines is 2. The van der Waals surface area contributed by atoms with Crippen LogP contribution in [0.3, 0.4) is 0 Å². The van der Waals surface area contributed by atoms with Crippen molar-refractivity contribution in [2.75, 3.05) is 30.3 Å². The zero-order valence-corrected chi connectivity index (χ0v) is 19.1. The number of rotatable bonds is 10. The SMILES string of the molecule is CCC(C)NC(=O)c1ccc(NC(=O)CNc2ccc(C(=O)NCC3CCCO3)cc2)cc1. The zero-order valence-electron chi connectivity index (χ0n) is 19.1. The quantitative estimate of drug-likeness (QED) is 0.443. The third-order valence-corrected chi connectivity index (χ3v) is 5.54. The van der Waals surface area contributed by atoms with Crippen LogP contribution < -0.4 is 21.3 Å². The molecule has 33 heavy (non-hydrogen) atoms. The average Bonchev–Trinajstić information content (AvgIpc) is 3.35. The first-order valence-corrected chi connectivity index (χ1v) is 11.4. The summed E-state index contributed by atoms with van der Waals surface area (Å²) in [4.78, 5) is 36.6. The van der Waals surface area contributed by atoms with E-state index in [-0.39, 0.29) is 36.4 Å². The number of hydrogen-bond acceptors (Lipinski definition) is 5. The number of hydrogen-bond donors (Lipinski definition) is 4. The van der Waals surface area contributed by atoms with Gasteiger partial charge in [0.2, 0.25) is 5.91 Å². The molecule has 3 amide bonds. The van der Waals surface area contributed by atoms with E-state index in [1.807, 2.05) is 13.8 Å². The van der Waals surface area contributed by atoms with Gasteiger partial charge in [-0.25, -0.2) is 0 Å². The summed E-state index contributed by atoms with van der Waals surface area (Å²) in [6, 6.07) is 13.8. The van der Waals surface area contributed by atoms with E-state index in [0.717, 1.165) is 31.6 Å². The zero-order chi connectivity index (χ0) is 23.6. The number of ether oxygens (including phenoxy) is 1. The van der Waals surface area contributed by atoms with Crippen molar-refractivity contribution in [3.63, 3.8) is 0 Å². The van der Waals surface area contributed by atoms with Gasteiger partial charge in [0.1, 0.15) is 0 Å². The molecule has 1 fully saturated rings. The molecule has 8 nitrogen and oxygen atoms in total. The highest BCUT2D eigenvalue weighted by Crippen LogP contribution is 2.13. The molecule has 2 atom stereocenters. The van der Waals surface area contributed by atoms with Crippen LogP contribution in [0.2, 0.25) is 0 Å². The maximum absolute atomic E-state index is 12.2. The van der Waals surface area contributed by atoms with E-state index >= 15 is 0 Å². The van der Waals surface area contributed by atoms with Gasteiger partial charge in [0, 0.05) is 41.7 Å². The summed E-state index contributed by atoms with van der Waals surface area (Å²) >= 11 is 0. The second-order valence-corrected chi connectivity index (χ2v) is 8.18. The molecular weight excluding hydrogens is 420 g/mol. The third kappa shape index (κ3) is 7.61. The Kier molecular flexibility index (Phi) is 8.83. The van der Waals surface area contributed by atoms with Gasteiger partial charge in [-0.1, -0.05) is 6.92 Å². The molecule has 0 aromatic heterocycles. The van der Waals surface area contributed by atoms with Gasteiger partial charge in [-0.2, -0.15) is 0 Å². The van der Waals surface area contributed by atoms with Crippen LogP contribution >= 0.6 is 0 Å².